The average Bonchev–Trinajstić information content (AvgIpc) is 3.18. The monoisotopic (exact) mass is 386 g/mol. The molecule has 1 saturated carbocycles. The molecule has 0 saturated heterocycles. The predicted octanol–water partition coefficient (Wildman–Crippen LogP) is 4.74. The van der Waals surface area contributed by atoms with Crippen LogP contribution in [-0.2, 0) is 4.79 Å². The molecule has 1 aliphatic carbocycles. The Morgan fingerprint density at radius 3 is 2.68 bits per heavy atom. The highest BCUT2D eigenvalue weighted by Gasteiger charge is 2.23. The van der Waals surface area contributed by atoms with Crippen molar-refractivity contribution in [1.29, 1.82) is 0 Å². The topological polar surface area (TPSA) is 114 Å². The van der Waals surface area contributed by atoms with Gasteiger partial charge in [0.05, 0.1) is 12.0 Å². The third-order valence-electron chi connectivity index (χ3n) is 5.47. The van der Waals surface area contributed by atoms with E-state index in [1.165, 1.54) is 44.2 Å². The lowest BCUT2D eigenvalue weighted by Gasteiger charge is -2.21. The molecular weight excluding hydrogens is 360 g/mol. The van der Waals surface area contributed by atoms with Crippen molar-refractivity contribution in [2.24, 2.45) is 5.92 Å². The van der Waals surface area contributed by atoms with Crippen LogP contribution in [0.4, 0.5) is 0 Å². The van der Waals surface area contributed by atoms with Gasteiger partial charge in [0.2, 0.25) is 11.7 Å². The summed E-state index contributed by atoms with van der Waals surface area (Å²) in [6.45, 7) is 0. The summed E-state index contributed by atoms with van der Waals surface area (Å²) in [4.78, 5) is 26.8. The van der Waals surface area contributed by atoms with E-state index in [0.717, 1.165) is 18.8 Å². The minimum atomic E-state index is -1.03. The van der Waals surface area contributed by atoms with Crippen LogP contribution in [0.25, 0.3) is 11.4 Å². The number of hydrogen-bond acceptors (Lipinski definition) is 5. The van der Waals surface area contributed by atoms with Crippen LogP contribution in [0, 0.1) is 5.92 Å². The summed E-state index contributed by atoms with van der Waals surface area (Å²) < 4.78 is 5.35. The van der Waals surface area contributed by atoms with Crippen molar-refractivity contribution in [3.8, 4) is 11.4 Å². The first kappa shape index (κ1) is 20.0. The number of aliphatic carboxylic acids is 1. The van der Waals surface area contributed by atoms with E-state index in [1.54, 1.807) is 12.1 Å². The number of nitrogens with zero attached hydrogens (tertiary/aromatic N) is 2. The van der Waals surface area contributed by atoms with Crippen molar-refractivity contribution >= 4 is 11.9 Å². The Kier molecular flexibility index (Phi) is 6.79. The molecule has 1 heterocycles. The Hall–Kier alpha value is -2.70. The van der Waals surface area contributed by atoms with Crippen LogP contribution in [-0.4, -0.2) is 32.3 Å². The van der Waals surface area contributed by atoms with Crippen LogP contribution in [0.3, 0.4) is 0 Å². The van der Waals surface area contributed by atoms with Crippen molar-refractivity contribution < 1.29 is 24.3 Å². The molecule has 0 unspecified atom stereocenters. The molecule has 28 heavy (non-hydrogen) atoms. The number of carbonyl (C=O) groups is 2. The Bertz CT molecular complexity index is 811. The molecule has 7 nitrogen and oxygen atoms in total. The third-order valence-corrected chi connectivity index (χ3v) is 5.47. The van der Waals surface area contributed by atoms with Crippen LogP contribution in [0.5, 0.6) is 0 Å². The van der Waals surface area contributed by atoms with Gasteiger partial charge in [-0.15, -0.1) is 0 Å². The zero-order valence-electron chi connectivity index (χ0n) is 15.8. The molecule has 1 aliphatic rings. The molecule has 0 radical (unpaired) electrons. The molecule has 7 heteroatoms. The minimum absolute atomic E-state index is 0.0541. The Balaban J connectivity index is 1.68. The second-order valence-corrected chi connectivity index (χ2v) is 7.57. The Morgan fingerprint density at radius 2 is 1.96 bits per heavy atom. The van der Waals surface area contributed by atoms with Gasteiger partial charge in [0, 0.05) is 11.5 Å². The second-order valence-electron chi connectivity index (χ2n) is 7.57. The maximum absolute atomic E-state index is 11.3. The molecule has 0 bridgehead atoms. The van der Waals surface area contributed by atoms with Gasteiger partial charge in [-0.1, -0.05) is 62.2 Å². The van der Waals surface area contributed by atoms with Gasteiger partial charge in [0.15, 0.2) is 0 Å². The molecule has 2 aromatic rings. The summed E-state index contributed by atoms with van der Waals surface area (Å²) in [5.74, 6) is -0.920. The Labute approximate surface area is 163 Å². The number of rotatable bonds is 9. The highest BCUT2D eigenvalue weighted by atomic mass is 16.5. The number of carboxylic acid groups (broad SMARTS) is 2. The summed E-state index contributed by atoms with van der Waals surface area (Å²) in [5.41, 5.74) is 0.671. The van der Waals surface area contributed by atoms with Crippen molar-refractivity contribution in [2.75, 3.05) is 0 Å². The fourth-order valence-corrected chi connectivity index (χ4v) is 3.96. The summed E-state index contributed by atoms with van der Waals surface area (Å²) in [7, 11) is 0. The summed E-state index contributed by atoms with van der Waals surface area (Å²) in [6.07, 6.45) is 9.15. The molecular formula is C21H26N2O5. The summed E-state index contributed by atoms with van der Waals surface area (Å²) >= 11 is 0. The first-order valence-electron chi connectivity index (χ1n) is 9.92. The van der Waals surface area contributed by atoms with Gasteiger partial charge in [-0.3, -0.25) is 4.79 Å². The lowest BCUT2D eigenvalue weighted by atomic mass is 9.84. The van der Waals surface area contributed by atoms with Gasteiger partial charge in [-0.25, -0.2) is 4.79 Å². The van der Waals surface area contributed by atoms with Crippen LogP contribution in [0.1, 0.15) is 80.0 Å². The van der Waals surface area contributed by atoms with E-state index >= 15 is 0 Å². The van der Waals surface area contributed by atoms with Gasteiger partial charge in [-0.05, 0) is 24.5 Å². The van der Waals surface area contributed by atoms with Crippen molar-refractivity contribution in [2.45, 2.75) is 63.7 Å². The minimum Gasteiger partial charge on any atom is -0.481 e. The largest absolute Gasteiger partial charge is 0.481 e. The summed E-state index contributed by atoms with van der Waals surface area (Å²) in [5, 5.41) is 22.3. The average molecular weight is 386 g/mol. The zero-order chi connectivity index (χ0) is 19.9. The van der Waals surface area contributed by atoms with Gasteiger partial charge in [-0.2, -0.15) is 4.98 Å². The molecule has 3 rings (SSSR count). The quantitative estimate of drug-likeness (QED) is 0.639. The lowest BCUT2D eigenvalue weighted by Crippen LogP contribution is -2.10. The Morgan fingerprint density at radius 1 is 1.18 bits per heavy atom. The second kappa shape index (κ2) is 9.48. The molecule has 0 aliphatic heterocycles. The van der Waals surface area contributed by atoms with Gasteiger partial charge >= 0.3 is 11.9 Å². The van der Waals surface area contributed by atoms with Gasteiger partial charge in [0.25, 0.3) is 0 Å². The zero-order valence-corrected chi connectivity index (χ0v) is 15.8. The third kappa shape index (κ3) is 5.41. The SMILES string of the molecule is O=C(O)C[C@H](CCCC1CCCCC1)c1nc(-c2cccc(C(=O)O)c2)no1. The van der Waals surface area contributed by atoms with E-state index in [2.05, 4.69) is 10.1 Å². The first-order valence-corrected chi connectivity index (χ1v) is 9.92. The van der Waals surface area contributed by atoms with Crippen LogP contribution in [0.15, 0.2) is 28.8 Å². The maximum atomic E-state index is 11.3. The number of aromatic nitrogens is 2. The fourth-order valence-electron chi connectivity index (χ4n) is 3.96. The fraction of sp³-hybridized carbons (Fsp3) is 0.524. The molecule has 150 valence electrons. The molecule has 0 spiro atoms. The van der Waals surface area contributed by atoms with Crippen LogP contribution < -0.4 is 0 Å². The standard InChI is InChI=1S/C21H26N2O5/c24-18(25)13-16(10-4-8-14-6-2-1-3-7-14)20-22-19(23-28-20)15-9-5-11-17(12-15)21(26)27/h5,9,11-12,14,16H,1-4,6-8,10,13H2,(H,24,25)(H,26,27)/t16-/m0/s1. The van der Waals surface area contributed by atoms with E-state index in [4.69, 9.17) is 9.63 Å². The van der Waals surface area contributed by atoms with Crippen LogP contribution in [0.2, 0.25) is 0 Å². The molecule has 1 fully saturated rings. The number of carboxylic acids is 2. The molecule has 0 amide bonds. The highest BCUT2D eigenvalue weighted by Crippen LogP contribution is 2.31. The number of hydrogen-bond donors (Lipinski definition) is 2. The van der Waals surface area contributed by atoms with E-state index in [-0.39, 0.29) is 23.7 Å². The van der Waals surface area contributed by atoms with Gasteiger partial charge < -0.3 is 14.7 Å². The van der Waals surface area contributed by atoms with E-state index in [0.29, 0.717) is 17.9 Å². The van der Waals surface area contributed by atoms with Crippen molar-refractivity contribution in [3.63, 3.8) is 0 Å². The van der Waals surface area contributed by atoms with E-state index in [9.17, 15) is 14.7 Å². The molecule has 1 atom stereocenters. The highest BCUT2D eigenvalue weighted by molar-refractivity contribution is 5.89. The number of benzene rings is 1. The van der Waals surface area contributed by atoms with Crippen molar-refractivity contribution in [3.05, 3.63) is 35.7 Å². The van der Waals surface area contributed by atoms with Crippen LogP contribution >= 0.6 is 0 Å². The van der Waals surface area contributed by atoms with E-state index < -0.39 is 11.9 Å². The van der Waals surface area contributed by atoms with E-state index in [1.807, 2.05) is 0 Å². The normalized spacial score (nSPS) is 16.0. The predicted molar refractivity (Wildman–Crippen MR) is 102 cm³/mol. The first-order chi connectivity index (χ1) is 13.5. The molecule has 1 aromatic carbocycles. The number of aromatic carboxylic acids is 1. The maximum Gasteiger partial charge on any atom is 0.335 e. The van der Waals surface area contributed by atoms with Gasteiger partial charge in [0.1, 0.15) is 0 Å². The smallest absolute Gasteiger partial charge is 0.335 e. The molecule has 1 aromatic heterocycles. The molecule has 2 N–H and O–H groups in total. The lowest BCUT2D eigenvalue weighted by molar-refractivity contribution is -0.137. The van der Waals surface area contributed by atoms with Crippen molar-refractivity contribution in [1.82, 2.24) is 10.1 Å². The summed E-state index contributed by atoms with van der Waals surface area (Å²) in [6, 6.07) is 6.29.